The van der Waals surface area contributed by atoms with Gasteiger partial charge in [0.25, 0.3) is 0 Å². The third kappa shape index (κ3) is 52.3. The average molecular weight is 1250 g/mol. The van der Waals surface area contributed by atoms with Crippen molar-refractivity contribution in [1.29, 1.82) is 0 Å². The van der Waals surface area contributed by atoms with Crippen LogP contribution in [0.15, 0.2) is 0 Å². The normalized spacial score (nSPS) is 14.9. The van der Waals surface area contributed by atoms with Crippen LogP contribution in [0, 0.1) is 23.7 Å². The van der Waals surface area contributed by atoms with E-state index in [2.05, 4.69) is 88.8 Å². The largest absolute Gasteiger partial charge is 0.466 e. The molecule has 0 N–H and O–H groups in total. The van der Waals surface area contributed by atoms with Crippen molar-refractivity contribution < 1.29 is 57.2 Å². The molecule has 0 aliphatic carbocycles. The van der Waals surface area contributed by atoms with Crippen LogP contribution in [0.1, 0.15) is 288 Å². The van der Waals surface area contributed by atoms with E-state index >= 15 is 0 Å². The Morgan fingerprint density at radius 1 is 0.295 bits per heavy atom. The predicted molar refractivity (Wildman–Crippen MR) is 357 cm³/mol. The molecule has 2 atom stereocenters. The van der Waals surface area contributed by atoms with E-state index in [1.165, 1.54) is 77.0 Å². The molecular weight excluding hydrogens is 1110 g/mol. The molecule has 1 aliphatic heterocycles. The van der Waals surface area contributed by atoms with Gasteiger partial charge in [-0.25, -0.2) is 0 Å². The number of carbonyl (C=O) groups is 6. The van der Waals surface area contributed by atoms with E-state index in [0.717, 1.165) is 127 Å². The van der Waals surface area contributed by atoms with E-state index in [-0.39, 0.29) is 73.6 Å². The van der Waals surface area contributed by atoms with Gasteiger partial charge in [0.15, 0.2) is 0 Å². The highest BCUT2D eigenvalue weighted by atomic mass is 16.6. The molecule has 0 radical (unpaired) electrons. The van der Waals surface area contributed by atoms with Gasteiger partial charge < -0.3 is 38.2 Å². The zero-order valence-electron chi connectivity index (χ0n) is 58.5. The van der Waals surface area contributed by atoms with E-state index in [9.17, 15) is 28.8 Å². The fourth-order valence-electron chi connectivity index (χ4n) is 11.2. The van der Waals surface area contributed by atoms with Gasteiger partial charge >= 0.3 is 35.8 Å². The van der Waals surface area contributed by atoms with Gasteiger partial charge in [0.05, 0.1) is 52.1 Å². The summed E-state index contributed by atoms with van der Waals surface area (Å²) in [5.41, 5.74) is 0. The van der Waals surface area contributed by atoms with Crippen LogP contribution in [-0.4, -0.2) is 173 Å². The quantitative estimate of drug-likeness (QED) is 0.0320. The van der Waals surface area contributed by atoms with Gasteiger partial charge in [0, 0.05) is 77.3 Å². The first kappa shape index (κ1) is 82.7. The number of unbranched alkanes of at least 4 members (excludes halogenated alkanes) is 18. The summed E-state index contributed by atoms with van der Waals surface area (Å²) < 4.78 is 33.7. The average Bonchev–Trinajstić information content (AvgIpc) is 3.42. The number of ether oxygens (including phenoxy) is 6. The summed E-state index contributed by atoms with van der Waals surface area (Å²) in [5, 5.41) is 0. The molecular formula is C72H136N4O12. The number of esters is 6. The zero-order valence-corrected chi connectivity index (χ0v) is 58.5. The van der Waals surface area contributed by atoms with Crippen molar-refractivity contribution in [1.82, 2.24) is 19.6 Å². The molecule has 16 nitrogen and oxygen atoms in total. The molecule has 1 aliphatic rings. The van der Waals surface area contributed by atoms with E-state index in [1.54, 1.807) is 0 Å². The number of hydrogen-bond donors (Lipinski definition) is 0. The lowest BCUT2D eigenvalue weighted by atomic mass is 10.0. The molecule has 0 aromatic carbocycles. The number of hydrogen-bond acceptors (Lipinski definition) is 16. The maximum atomic E-state index is 12.9. The summed E-state index contributed by atoms with van der Waals surface area (Å²) in [6.07, 6.45) is 31.7. The molecule has 1 fully saturated rings. The van der Waals surface area contributed by atoms with Crippen LogP contribution in [-0.2, 0) is 57.2 Å². The fraction of sp³-hybridized carbons (Fsp3) is 0.917. The molecule has 1 saturated heterocycles. The molecule has 0 aromatic rings. The number of carbonyl (C=O) groups excluding carboxylic acids is 6. The summed E-state index contributed by atoms with van der Waals surface area (Å²) in [6, 6.07) is 0.463. The highest BCUT2D eigenvalue weighted by molar-refractivity contribution is 5.71. The van der Waals surface area contributed by atoms with Crippen molar-refractivity contribution in [3.05, 3.63) is 0 Å². The number of rotatable bonds is 60. The molecule has 1 heterocycles. The van der Waals surface area contributed by atoms with Gasteiger partial charge in [0.1, 0.15) is 13.2 Å². The molecule has 516 valence electrons. The third-order valence-corrected chi connectivity index (χ3v) is 17.0. The van der Waals surface area contributed by atoms with Crippen LogP contribution in [0.5, 0.6) is 0 Å². The van der Waals surface area contributed by atoms with Gasteiger partial charge in [-0.05, 0) is 102 Å². The van der Waals surface area contributed by atoms with Gasteiger partial charge in [-0.15, -0.1) is 0 Å². The summed E-state index contributed by atoms with van der Waals surface area (Å²) in [5.74, 6) is 1.64. The van der Waals surface area contributed by atoms with E-state index < -0.39 is 0 Å². The van der Waals surface area contributed by atoms with Crippen LogP contribution >= 0.6 is 0 Å². The highest BCUT2D eigenvalue weighted by Gasteiger charge is 2.29. The standard InChI is InChI=1S/C72H136N4O12/c1-61(2)35-23-15-11-19-31-53-83-69(79)41-47-73(48-42-70(80)84-54-32-20-12-16-24-36-62(3)4)45-29-27-39-67(77)87-57-51-75-59-66(10)76(60-65(75)9)52-58-88-68(78)40-28-30-46-74(49-43-71(81)85-55-33-21-13-17-25-37-63(5)6)50-44-72(82)86-56-34-22-14-18-26-38-64(7)8/h61-66H,11-60H2,1-10H3. The van der Waals surface area contributed by atoms with E-state index in [4.69, 9.17) is 28.4 Å². The Labute approximate surface area is 538 Å². The van der Waals surface area contributed by atoms with Gasteiger partial charge in [-0.1, -0.05) is 184 Å². The highest BCUT2D eigenvalue weighted by Crippen LogP contribution is 2.18. The first-order chi connectivity index (χ1) is 42.3. The second kappa shape index (κ2) is 56.4. The van der Waals surface area contributed by atoms with Gasteiger partial charge in [-0.3, -0.25) is 38.6 Å². The Morgan fingerprint density at radius 2 is 0.523 bits per heavy atom. The van der Waals surface area contributed by atoms with E-state index in [1.807, 2.05) is 0 Å². The second-order valence-electron chi connectivity index (χ2n) is 27.4. The summed E-state index contributed by atoms with van der Waals surface area (Å²) >= 11 is 0. The van der Waals surface area contributed by atoms with Crippen LogP contribution in [0.2, 0.25) is 0 Å². The van der Waals surface area contributed by atoms with Crippen LogP contribution in [0.4, 0.5) is 0 Å². The van der Waals surface area contributed by atoms with E-state index in [0.29, 0.717) is 118 Å². The molecule has 0 bridgehead atoms. The Hall–Kier alpha value is -3.34. The maximum absolute atomic E-state index is 12.9. The van der Waals surface area contributed by atoms with Crippen molar-refractivity contribution in [2.24, 2.45) is 23.7 Å². The smallest absolute Gasteiger partial charge is 0.307 e. The van der Waals surface area contributed by atoms with Crippen molar-refractivity contribution >= 4 is 35.8 Å². The minimum absolute atomic E-state index is 0.215. The second-order valence-corrected chi connectivity index (χ2v) is 27.4. The summed E-state index contributed by atoms with van der Waals surface area (Å²) in [4.78, 5) is 85.5. The maximum Gasteiger partial charge on any atom is 0.307 e. The third-order valence-electron chi connectivity index (χ3n) is 17.0. The lowest BCUT2D eigenvalue weighted by molar-refractivity contribution is -0.146. The first-order valence-corrected chi connectivity index (χ1v) is 36.2. The lowest BCUT2D eigenvalue weighted by Gasteiger charge is -2.44. The summed E-state index contributed by atoms with van der Waals surface area (Å²) in [6.45, 7) is 31.0. The molecule has 0 amide bonds. The van der Waals surface area contributed by atoms with Crippen molar-refractivity contribution in [3.8, 4) is 0 Å². The van der Waals surface area contributed by atoms with Crippen LogP contribution < -0.4 is 0 Å². The lowest BCUT2D eigenvalue weighted by Crippen LogP contribution is -2.57. The Morgan fingerprint density at radius 3 is 0.784 bits per heavy atom. The Kier molecular flexibility index (Phi) is 53.0. The molecule has 1 rings (SSSR count). The number of piperazine rings is 1. The molecule has 88 heavy (non-hydrogen) atoms. The monoisotopic (exact) mass is 1250 g/mol. The van der Waals surface area contributed by atoms with Gasteiger partial charge in [-0.2, -0.15) is 0 Å². The summed E-state index contributed by atoms with van der Waals surface area (Å²) in [7, 11) is 0. The topological polar surface area (TPSA) is 171 Å². The minimum atomic E-state index is -0.223. The van der Waals surface area contributed by atoms with Crippen molar-refractivity contribution in [2.45, 2.75) is 300 Å². The fourth-order valence-corrected chi connectivity index (χ4v) is 11.2. The SMILES string of the molecule is CC(C)CCCCCCCOC(=O)CCN(CCCCC(=O)OCCN1CC(C)N(CCOC(=O)CCCCN(CCC(=O)OCCCCCCCC(C)C)CCC(=O)OCCCCCCCC(C)C)CC1C)CCC(=O)OCCCCCCCC(C)C. The molecule has 0 aromatic heterocycles. The minimum Gasteiger partial charge on any atom is -0.466 e. The molecule has 0 saturated carbocycles. The Balaban J connectivity index is 2.48. The number of nitrogens with zero attached hydrogens (tertiary/aromatic N) is 4. The van der Waals surface area contributed by atoms with Crippen LogP contribution in [0.3, 0.4) is 0 Å². The molecule has 16 heteroatoms. The zero-order chi connectivity index (χ0) is 64.8. The van der Waals surface area contributed by atoms with Crippen molar-refractivity contribution in [3.63, 3.8) is 0 Å². The van der Waals surface area contributed by atoms with Gasteiger partial charge in [0.2, 0.25) is 0 Å². The first-order valence-electron chi connectivity index (χ1n) is 36.2. The van der Waals surface area contributed by atoms with Crippen LogP contribution in [0.25, 0.3) is 0 Å². The predicted octanol–water partition coefficient (Wildman–Crippen LogP) is 15.1. The van der Waals surface area contributed by atoms with Crippen molar-refractivity contribution in [2.75, 3.05) is 105 Å². The molecule has 0 spiro atoms. The molecule has 2 unspecified atom stereocenters. The Bertz CT molecular complexity index is 1530.